The number of hydrogen-bond donors (Lipinski definition) is 1. The second-order valence-corrected chi connectivity index (χ2v) is 6.05. The monoisotopic (exact) mass is 224 g/mol. The summed E-state index contributed by atoms with van der Waals surface area (Å²) in [6, 6.07) is 0.449. The van der Waals surface area contributed by atoms with Crippen molar-refractivity contribution in [2.45, 2.75) is 57.9 Å². The van der Waals surface area contributed by atoms with Crippen LogP contribution >= 0.6 is 0 Å². The van der Waals surface area contributed by atoms with E-state index < -0.39 is 0 Å². The van der Waals surface area contributed by atoms with Crippen LogP contribution in [0.15, 0.2) is 0 Å². The van der Waals surface area contributed by atoms with Crippen molar-refractivity contribution in [2.75, 3.05) is 19.6 Å². The molecular weight excluding hydrogens is 196 g/mol. The summed E-state index contributed by atoms with van der Waals surface area (Å²) < 4.78 is 0. The van der Waals surface area contributed by atoms with Gasteiger partial charge in [0.25, 0.3) is 0 Å². The lowest BCUT2D eigenvalue weighted by Gasteiger charge is -2.36. The van der Waals surface area contributed by atoms with Gasteiger partial charge < -0.3 is 10.6 Å². The quantitative estimate of drug-likeness (QED) is 0.731. The first kappa shape index (κ1) is 12.4. The van der Waals surface area contributed by atoms with Crippen LogP contribution in [0.3, 0.4) is 0 Å². The maximum absolute atomic E-state index is 6.07. The minimum Gasteiger partial charge on any atom is -0.327 e. The van der Waals surface area contributed by atoms with E-state index in [0.717, 1.165) is 5.92 Å². The third kappa shape index (κ3) is 3.46. The molecule has 2 heteroatoms. The van der Waals surface area contributed by atoms with Crippen LogP contribution in [0.25, 0.3) is 0 Å². The van der Waals surface area contributed by atoms with Crippen LogP contribution in [0.2, 0.25) is 0 Å². The number of piperidine rings is 1. The van der Waals surface area contributed by atoms with E-state index in [0.29, 0.717) is 12.0 Å². The molecule has 0 spiro atoms. The van der Waals surface area contributed by atoms with E-state index in [9.17, 15) is 0 Å². The molecule has 0 aromatic carbocycles. The first-order valence-electron chi connectivity index (χ1n) is 7.23. The Morgan fingerprint density at radius 2 is 1.75 bits per heavy atom. The SMILES string of the molecule is CC1CN(CC2CCCCCC2)CCC1N. The lowest BCUT2D eigenvalue weighted by molar-refractivity contribution is 0.138. The van der Waals surface area contributed by atoms with E-state index in [-0.39, 0.29) is 0 Å². The summed E-state index contributed by atoms with van der Waals surface area (Å²) in [6.45, 7) is 6.13. The number of rotatable bonds is 2. The van der Waals surface area contributed by atoms with Crippen LogP contribution < -0.4 is 5.73 Å². The average Bonchev–Trinajstić information content (AvgIpc) is 2.52. The van der Waals surface area contributed by atoms with Gasteiger partial charge in [-0.25, -0.2) is 0 Å². The van der Waals surface area contributed by atoms with Crippen molar-refractivity contribution < 1.29 is 0 Å². The van der Waals surface area contributed by atoms with Crippen molar-refractivity contribution in [3.63, 3.8) is 0 Å². The van der Waals surface area contributed by atoms with Crippen LogP contribution in [-0.2, 0) is 0 Å². The number of nitrogens with zero attached hydrogens (tertiary/aromatic N) is 1. The van der Waals surface area contributed by atoms with Gasteiger partial charge in [-0.15, -0.1) is 0 Å². The van der Waals surface area contributed by atoms with Gasteiger partial charge in [0.1, 0.15) is 0 Å². The molecule has 0 bridgehead atoms. The van der Waals surface area contributed by atoms with E-state index in [2.05, 4.69) is 11.8 Å². The standard InChI is InChI=1S/C14H28N2/c1-12-10-16(9-8-14(12)15)11-13-6-4-2-3-5-7-13/h12-14H,2-11,15H2,1H3. The lowest BCUT2D eigenvalue weighted by atomic mass is 9.92. The fourth-order valence-corrected chi connectivity index (χ4v) is 3.33. The molecule has 1 saturated carbocycles. The molecule has 2 rings (SSSR count). The third-order valence-corrected chi connectivity index (χ3v) is 4.55. The molecule has 2 N–H and O–H groups in total. The Morgan fingerprint density at radius 1 is 1.06 bits per heavy atom. The Kier molecular flexibility index (Phi) is 4.66. The Labute approximate surface area is 101 Å². The molecule has 1 heterocycles. The van der Waals surface area contributed by atoms with Crippen LogP contribution in [0.5, 0.6) is 0 Å². The molecule has 2 fully saturated rings. The van der Waals surface area contributed by atoms with E-state index >= 15 is 0 Å². The zero-order valence-corrected chi connectivity index (χ0v) is 10.8. The maximum atomic E-state index is 6.07. The zero-order chi connectivity index (χ0) is 11.4. The molecule has 2 nitrogen and oxygen atoms in total. The highest BCUT2D eigenvalue weighted by Crippen LogP contribution is 2.25. The van der Waals surface area contributed by atoms with Crippen LogP contribution in [-0.4, -0.2) is 30.6 Å². The van der Waals surface area contributed by atoms with Crippen LogP contribution in [0.1, 0.15) is 51.9 Å². The number of hydrogen-bond acceptors (Lipinski definition) is 2. The average molecular weight is 224 g/mol. The summed E-state index contributed by atoms with van der Waals surface area (Å²) in [6.07, 6.45) is 10.0. The van der Waals surface area contributed by atoms with Crippen LogP contribution in [0, 0.1) is 11.8 Å². The number of nitrogens with two attached hydrogens (primary N) is 1. The zero-order valence-electron chi connectivity index (χ0n) is 10.8. The molecule has 0 aromatic heterocycles. The van der Waals surface area contributed by atoms with Gasteiger partial charge in [-0.1, -0.05) is 32.6 Å². The first-order valence-corrected chi connectivity index (χ1v) is 7.23. The summed E-state index contributed by atoms with van der Waals surface area (Å²) in [5.74, 6) is 1.67. The molecule has 1 aliphatic carbocycles. The topological polar surface area (TPSA) is 29.3 Å². The van der Waals surface area contributed by atoms with Crippen molar-refractivity contribution in [1.82, 2.24) is 4.90 Å². The second-order valence-electron chi connectivity index (χ2n) is 6.05. The molecule has 0 radical (unpaired) electrons. The van der Waals surface area contributed by atoms with Crippen molar-refractivity contribution in [3.05, 3.63) is 0 Å². The highest BCUT2D eigenvalue weighted by Gasteiger charge is 2.25. The molecule has 0 amide bonds. The van der Waals surface area contributed by atoms with Crippen molar-refractivity contribution in [3.8, 4) is 0 Å². The lowest BCUT2D eigenvalue weighted by Crippen LogP contribution is -2.47. The summed E-state index contributed by atoms with van der Waals surface area (Å²) in [5, 5.41) is 0. The highest BCUT2D eigenvalue weighted by molar-refractivity contribution is 4.81. The van der Waals surface area contributed by atoms with Gasteiger partial charge in [0.2, 0.25) is 0 Å². The van der Waals surface area contributed by atoms with Gasteiger partial charge in [-0.3, -0.25) is 0 Å². The van der Waals surface area contributed by atoms with Gasteiger partial charge in [0.05, 0.1) is 0 Å². The molecular formula is C14H28N2. The minimum absolute atomic E-state index is 0.449. The van der Waals surface area contributed by atoms with Crippen molar-refractivity contribution >= 4 is 0 Å². The third-order valence-electron chi connectivity index (χ3n) is 4.55. The van der Waals surface area contributed by atoms with Crippen molar-refractivity contribution in [1.29, 1.82) is 0 Å². The maximum Gasteiger partial charge on any atom is 0.00889 e. The van der Waals surface area contributed by atoms with E-state index in [1.54, 1.807) is 0 Å². The Morgan fingerprint density at radius 3 is 2.38 bits per heavy atom. The van der Waals surface area contributed by atoms with Gasteiger partial charge in [0, 0.05) is 19.1 Å². The molecule has 94 valence electrons. The van der Waals surface area contributed by atoms with Crippen molar-refractivity contribution in [2.24, 2.45) is 17.6 Å². The first-order chi connectivity index (χ1) is 7.75. The predicted molar refractivity (Wildman–Crippen MR) is 69.4 cm³/mol. The largest absolute Gasteiger partial charge is 0.327 e. The molecule has 2 aliphatic rings. The van der Waals surface area contributed by atoms with E-state index in [1.165, 1.54) is 64.6 Å². The van der Waals surface area contributed by atoms with E-state index in [4.69, 9.17) is 5.73 Å². The second kappa shape index (κ2) is 6.02. The number of likely N-dealkylation sites (tertiary alicyclic amines) is 1. The Hall–Kier alpha value is -0.0800. The fourth-order valence-electron chi connectivity index (χ4n) is 3.33. The minimum atomic E-state index is 0.449. The Balaban J connectivity index is 1.75. The Bertz CT molecular complexity index is 197. The molecule has 0 aromatic rings. The van der Waals surface area contributed by atoms with Gasteiger partial charge in [-0.2, -0.15) is 0 Å². The molecule has 2 atom stereocenters. The summed E-state index contributed by atoms with van der Waals surface area (Å²) in [4.78, 5) is 2.67. The summed E-state index contributed by atoms with van der Waals surface area (Å²) >= 11 is 0. The summed E-state index contributed by atoms with van der Waals surface area (Å²) in [5.41, 5.74) is 6.07. The molecule has 2 unspecified atom stereocenters. The smallest absolute Gasteiger partial charge is 0.00889 e. The fraction of sp³-hybridized carbons (Fsp3) is 1.00. The molecule has 1 saturated heterocycles. The normalized spacial score (nSPS) is 34.9. The highest BCUT2D eigenvalue weighted by atomic mass is 15.1. The molecule has 1 aliphatic heterocycles. The van der Waals surface area contributed by atoms with Gasteiger partial charge >= 0.3 is 0 Å². The molecule has 16 heavy (non-hydrogen) atoms. The van der Waals surface area contributed by atoms with Gasteiger partial charge in [-0.05, 0) is 37.6 Å². The van der Waals surface area contributed by atoms with Gasteiger partial charge in [0.15, 0.2) is 0 Å². The summed E-state index contributed by atoms with van der Waals surface area (Å²) in [7, 11) is 0. The van der Waals surface area contributed by atoms with Crippen LogP contribution in [0.4, 0.5) is 0 Å². The predicted octanol–water partition coefficient (Wildman–Crippen LogP) is 2.63. The van der Waals surface area contributed by atoms with E-state index in [1.807, 2.05) is 0 Å².